The summed E-state index contributed by atoms with van der Waals surface area (Å²) in [5.41, 5.74) is 8.60. The largest absolute Gasteiger partial charge is 0.416 e. The quantitative estimate of drug-likeness (QED) is 0.463. The number of carbonyl (C=O) groups excluding carboxylic acids is 2. The van der Waals surface area contributed by atoms with Gasteiger partial charge < -0.3 is 16.4 Å². The second-order valence-corrected chi connectivity index (χ2v) is 5.81. The molecule has 148 valence electrons. The lowest BCUT2D eigenvalue weighted by molar-refractivity contribution is -0.138. The minimum Gasteiger partial charge on any atom is -0.370 e. The first-order valence-electron chi connectivity index (χ1n) is 7.51. The Balaban J connectivity index is 2.41. The molecule has 1 atom stereocenters. The van der Waals surface area contributed by atoms with Gasteiger partial charge in [-0.05, 0) is 17.7 Å². The molecule has 0 saturated carbocycles. The van der Waals surface area contributed by atoms with Crippen LogP contribution in [-0.2, 0) is 11.0 Å². The molecule has 12 heteroatoms. The molecule has 1 heterocycles. The molecule has 0 aliphatic carbocycles. The maximum absolute atomic E-state index is 12.9. The van der Waals surface area contributed by atoms with Crippen molar-refractivity contribution in [1.29, 1.82) is 0 Å². The van der Waals surface area contributed by atoms with Gasteiger partial charge in [0, 0.05) is 12.1 Å². The first kappa shape index (κ1) is 20.5. The van der Waals surface area contributed by atoms with Gasteiger partial charge in [-0.2, -0.15) is 31.3 Å². The van der Waals surface area contributed by atoms with E-state index in [1.54, 1.807) is 0 Å². The minimum atomic E-state index is -4.74. The van der Waals surface area contributed by atoms with E-state index in [1.165, 1.54) is 0 Å². The van der Waals surface area contributed by atoms with Gasteiger partial charge >= 0.3 is 12.4 Å². The van der Waals surface area contributed by atoms with Crippen LogP contribution in [0, 0.1) is 0 Å². The van der Waals surface area contributed by atoms with E-state index < -0.39 is 66.7 Å². The van der Waals surface area contributed by atoms with E-state index in [4.69, 9.17) is 11.5 Å². The van der Waals surface area contributed by atoms with Crippen LogP contribution in [-0.4, -0.2) is 35.4 Å². The van der Waals surface area contributed by atoms with E-state index in [0.29, 0.717) is 17.0 Å². The molecule has 0 fully saturated rings. The molecule has 0 bridgehead atoms. The van der Waals surface area contributed by atoms with E-state index >= 15 is 0 Å². The highest BCUT2D eigenvalue weighted by Gasteiger charge is 2.42. The lowest BCUT2D eigenvalue weighted by Crippen LogP contribution is -2.33. The first-order chi connectivity index (χ1) is 12.3. The van der Waals surface area contributed by atoms with Crippen molar-refractivity contribution < 1.29 is 35.9 Å². The first-order valence-corrected chi connectivity index (χ1v) is 7.51. The van der Waals surface area contributed by atoms with E-state index in [-0.39, 0.29) is 5.56 Å². The Morgan fingerprint density at radius 1 is 1.15 bits per heavy atom. The smallest absolute Gasteiger partial charge is 0.370 e. The standard InChI is InChI=1S/C15H14F6N4O2/c16-14(17,18)3-4-25-10(6-11(26)24-13(22)23)8-2-1-7(15(19,20)21)5-9(8)12(25)27/h1-2,5,10H,3-4,6H2,(H4,22,23,24,26)/t10-/m1/s1. The molecule has 0 radical (unpaired) electrons. The van der Waals surface area contributed by atoms with Crippen LogP contribution < -0.4 is 11.5 Å². The molecule has 0 unspecified atom stereocenters. The average Bonchev–Trinajstić information content (AvgIpc) is 2.75. The molecule has 1 aromatic rings. The highest BCUT2D eigenvalue weighted by molar-refractivity contribution is 6.00. The summed E-state index contributed by atoms with van der Waals surface area (Å²) in [6, 6.07) is 1.02. The predicted molar refractivity (Wildman–Crippen MR) is 81.3 cm³/mol. The number of alkyl halides is 6. The third-order valence-electron chi connectivity index (χ3n) is 3.87. The highest BCUT2D eigenvalue weighted by Crippen LogP contribution is 2.40. The Labute approximate surface area is 148 Å². The number of amides is 2. The third kappa shape index (κ3) is 4.89. The summed E-state index contributed by atoms with van der Waals surface area (Å²) >= 11 is 0. The van der Waals surface area contributed by atoms with Crippen LogP contribution in [0.15, 0.2) is 23.2 Å². The summed E-state index contributed by atoms with van der Waals surface area (Å²) in [7, 11) is 0. The van der Waals surface area contributed by atoms with Gasteiger partial charge in [-0.25, -0.2) is 0 Å². The second-order valence-electron chi connectivity index (χ2n) is 5.81. The van der Waals surface area contributed by atoms with Crippen LogP contribution in [0.1, 0.15) is 40.4 Å². The molecular formula is C15H14F6N4O2. The van der Waals surface area contributed by atoms with E-state index in [2.05, 4.69) is 4.99 Å². The summed E-state index contributed by atoms with van der Waals surface area (Å²) in [5, 5.41) is 0. The third-order valence-corrected chi connectivity index (χ3v) is 3.87. The SMILES string of the molecule is NC(N)=NC(=O)C[C@@H]1c2ccc(C(F)(F)F)cc2C(=O)N1CCC(F)(F)F. The fourth-order valence-corrected chi connectivity index (χ4v) is 2.75. The number of guanidine groups is 1. The summed E-state index contributed by atoms with van der Waals surface area (Å²) in [6.07, 6.45) is -11.3. The fourth-order valence-electron chi connectivity index (χ4n) is 2.75. The number of hydrogen-bond donors (Lipinski definition) is 2. The molecule has 1 aliphatic heterocycles. The molecule has 4 N–H and O–H groups in total. The van der Waals surface area contributed by atoms with Crippen LogP contribution in [0.4, 0.5) is 26.3 Å². The van der Waals surface area contributed by atoms with E-state index in [0.717, 1.165) is 6.07 Å². The van der Waals surface area contributed by atoms with Crippen molar-refractivity contribution in [3.8, 4) is 0 Å². The second kappa shape index (κ2) is 7.08. The maximum Gasteiger partial charge on any atom is 0.416 e. The normalized spacial score (nSPS) is 17.0. The number of aliphatic imine (C=N–C) groups is 1. The lowest BCUT2D eigenvalue weighted by atomic mass is 9.99. The molecule has 2 rings (SSSR count). The van der Waals surface area contributed by atoms with Crippen molar-refractivity contribution in [2.75, 3.05) is 6.54 Å². The van der Waals surface area contributed by atoms with Crippen LogP contribution >= 0.6 is 0 Å². The topological polar surface area (TPSA) is 102 Å². The number of benzene rings is 1. The lowest BCUT2D eigenvalue weighted by Gasteiger charge is -2.25. The van der Waals surface area contributed by atoms with Gasteiger partial charge in [0.25, 0.3) is 11.8 Å². The molecule has 1 aromatic carbocycles. The number of nitrogens with two attached hydrogens (primary N) is 2. The summed E-state index contributed by atoms with van der Waals surface area (Å²) in [5.74, 6) is -2.53. The maximum atomic E-state index is 12.9. The van der Waals surface area contributed by atoms with Crippen LogP contribution in [0.5, 0.6) is 0 Å². The predicted octanol–water partition coefficient (Wildman–Crippen LogP) is 2.34. The van der Waals surface area contributed by atoms with Crippen LogP contribution in [0.3, 0.4) is 0 Å². The number of hydrogen-bond acceptors (Lipinski definition) is 2. The molecule has 0 saturated heterocycles. The fraction of sp³-hybridized carbons (Fsp3) is 0.400. The minimum absolute atomic E-state index is 0.00863. The van der Waals surface area contributed by atoms with Crippen molar-refractivity contribution in [3.05, 3.63) is 34.9 Å². The molecule has 27 heavy (non-hydrogen) atoms. The van der Waals surface area contributed by atoms with E-state index in [1.807, 2.05) is 0 Å². The van der Waals surface area contributed by atoms with Crippen molar-refractivity contribution >= 4 is 17.8 Å². The van der Waals surface area contributed by atoms with Gasteiger partial charge in [-0.3, -0.25) is 9.59 Å². The molecule has 6 nitrogen and oxygen atoms in total. The van der Waals surface area contributed by atoms with Gasteiger partial charge in [0.05, 0.1) is 24.4 Å². The van der Waals surface area contributed by atoms with Crippen molar-refractivity contribution in [1.82, 2.24) is 4.90 Å². The van der Waals surface area contributed by atoms with Gasteiger partial charge in [0.15, 0.2) is 5.96 Å². The molecule has 1 aliphatic rings. The summed E-state index contributed by atoms with van der Waals surface area (Å²) in [6.45, 7) is -0.821. The van der Waals surface area contributed by atoms with Crippen molar-refractivity contribution in [2.24, 2.45) is 16.5 Å². The zero-order valence-electron chi connectivity index (χ0n) is 13.6. The number of rotatable bonds is 4. The van der Waals surface area contributed by atoms with Gasteiger partial charge in [0.2, 0.25) is 0 Å². The molecular weight excluding hydrogens is 382 g/mol. The number of fused-ring (bicyclic) bond motifs is 1. The highest BCUT2D eigenvalue weighted by atomic mass is 19.4. The summed E-state index contributed by atoms with van der Waals surface area (Å²) in [4.78, 5) is 28.2. The number of halogens is 6. The molecule has 0 spiro atoms. The van der Waals surface area contributed by atoms with Crippen LogP contribution in [0.25, 0.3) is 0 Å². The average molecular weight is 396 g/mol. The Kier molecular flexibility index (Phi) is 5.38. The summed E-state index contributed by atoms with van der Waals surface area (Å²) < 4.78 is 76.2. The number of carbonyl (C=O) groups is 2. The van der Waals surface area contributed by atoms with Gasteiger partial charge in [-0.15, -0.1) is 0 Å². The molecule has 2 amide bonds. The molecule has 0 aromatic heterocycles. The Morgan fingerprint density at radius 2 is 1.78 bits per heavy atom. The van der Waals surface area contributed by atoms with E-state index in [9.17, 15) is 35.9 Å². The Hall–Kier alpha value is -2.79. The van der Waals surface area contributed by atoms with Crippen LogP contribution in [0.2, 0.25) is 0 Å². The van der Waals surface area contributed by atoms with Crippen molar-refractivity contribution in [2.45, 2.75) is 31.2 Å². The van der Waals surface area contributed by atoms with Gasteiger partial charge in [0.1, 0.15) is 0 Å². The Bertz CT molecular complexity index is 783. The van der Waals surface area contributed by atoms with Crippen molar-refractivity contribution in [3.63, 3.8) is 0 Å². The zero-order chi connectivity index (χ0) is 20.6. The number of nitrogens with zero attached hydrogens (tertiary/aromatic N) is 2. The van der Waals surface area contributed by atoms with Gasteiger partial charge in [-0.1, -0.05) is 6.07 Å². The zero-order valence-corrected chi connectivity index (χ0v) is 13.6. The monoisotopic (exact) mass is 396 g/mol. The Morgan fingerprint density at radius 3 is 2.30 bits per heavy atom.